The third-order valence-electron chi connectivity index (χ3n) is 2.95. The van der Waals surface area contributed by atoms with Crippen molar-refractivity contribution in [2.75, 3.05) is 11.9 Å². The number of carboxylic acids is 1. The summed E-state index contributed by atoms with van der Waals surface area (Å²) in [5.41, 5.74) is 0.455. The fraction of sp³-hybridized carbons (Fsp3) is 0.0667. The number of amides is 1. The molecule has 0 atom stereocenters. The van der Waals surface area contributed by atoms with Gasteiger partial charge in [0.25, 0.3) is 5.91 Å². The van der Waals surface area contributed by atoms with Crippen LogP contribution in [0.15, 0.2) is 48.5 Å². The highest BCUT2D eigenvalue weighted by molar-refractivity contribution is 7.60. The summed E-state index contributed by atoms with van der Waals surface area (Å²) in [6.07, 6.45) is 0. The van der Waals surface area contributed by atoms with Gasteiger partial charge in [0.15, 0.2) is 6.61 Å². The topological polar surface area (TPSA) is 133 Å². The molecule has 24 heavy (non-hydrogen) atoms. The molecule has 0 radical (unpaired) electrons. The summed E-state index contributed by atoms with van der Waals surface area (Å²) in [5, 5.41) is 11.0. The van der Waals surface area contributed by atoms with E-state index < -0.39 is 26.1 Å². The van der Waals surface area contributed by atoms with Gasteiger partial charge < -0.3 is 24.9 Å². The number of rotatable bonds is 6. The summed E-state index contributed by atoms with van der Waals surface area (Å²) >= 11 is 0. The Balaban J connectivity index is 1.99. The maximum atomic E-state index is 11.8. The number of anilines is 1. The second-order valence-corrected chi connectivity index (χ2v) is 6.30. The van der Waals surface area contributed by atoms with Gasteiger partial charge >= 0.3 is 13.6 Å². The normalized spacial score (nSPS) is 10.9. The SMILES string of the molecule is O=C(COc1ccccc1P(=O)(O)O)Nc1ccc(C(=O)O)cc1. The van der Waals surface area contributed by atoms with Crippen molar-refractivity contribution < 1.29 is 33.8 Å². The Labute approximate surface area is 136 Å². The van der Waals surface area contributed by atoms with Crippen LogP contribution >= 0.6 is 7.60 Å². The first-order valence-electron chi connectivity index (χ1n) is 6.68. The molecule has 9 heteroatoms. The van der Waals surface area contributed by atoms with Gasteiger partial charge in [0, 0.05) is 5.69 Å². The highest BCUT2D eigenvalue weighted by atomic mass is 31.2. The van der Waals surface area contributed by atoms with Crippen molar-refractivity contribution in [1.82, 2.24) is 0 Å². The smallest absolute Gasteiger partial charge is 0.359 e. The van der Waals surface area contributed by atoms with Crippen molar-refractivity contribution in [3.8, 4) is 5.75 Å². The molecule has 2 aromatic rings. The standard InChI is InChI=1S/C15H14NO7P/c17-14(16-11-7-5-10(6-8-11)15(18)19)9-23-12-3-1-2-4-13(12)24(20,21)22/h1-8H,9H2,(H,16,17)(H,18,19)(H2,20,21,22). The highest BCUT2D eigenvalue weighted by Gasteiger charge is 2.22. The summed E-state index contributed by atoms with van der Waals surface area (Å²) in [6, 6.07) is 11.1. The first kappa shape index (κ1) is 17.7. The highest BCUT2D eigenvalue weighted by Crippen LogP contribution is 2.37. The molecule has 0 spiro atoms. The molecule has 0 saturated carbocycles. The Hall–Kier alpha value is -2.67. The van der Waals surface area contributed by atoms with Crippen molar-refractivity contribution in [3.63, 3.8) is 0 Å². The molecule has 0 bridgehead atoms. The number of nitrogens with one attached hydrogen (secondary N) is 1. The summed E-state index contributed by atoms with van der Waals surface area (Å²) in [4.78, 5) is 41.0. The van der Waals surface area contributed by atoms with Crippen molar-refractivity contribution >= 4 is 30.5 Å². The van der Waals surface area contributed by atoms with E-state index in [-0.39, 0.29) is 16.6 Å². The number of benzene rings is 2. The molecule has 1 amide bonds. The summed E-state index contributed by atoms with van der Waals surface area (Å²) in [7, 11) is -4.51. The van der Waals surface area contributed by atoms with Gasteiger partial charge in [-0.25, -0.2) is 4.79 Å². The van der Waals surface area contributed by atoms with Gasteiger partial charge in [-0.05, 0) is 36.4 Å². The number of carbonyl (C=O) groups excluding carboxylic acids is 1. The van der Waals surface area contributed by atoms with Crippen molar-refractivity contribution in [2.24, 2.45) is 0 Å². The number of ether oxygens (including phenoxy) is 1. The predicted molar refractivity (Wildman–Crippen MR) is 85.6 cm³/mol. The first-order valence-corrected chi connectivity index (χ1v) is 8.30. The van der Waals surface area contributed by atoms with Crippen LogP contribution in [0.25, 0.3) is 0 Å². The monoisotopic (exact) mass is 351 g/mol. The molecule has 0 fully saturated rings. The number of hydrogen-bond acceptors (Lipinski definition) is 4. The van der Waals surface area contributed by atoms with Gasteiger partial charge in [0.1, 0.15) is 11.1 Å². The molecular formula is C15H14NO7P. The summed E-state index contributed by atoms with van der Waals surface area (Å²) in [6.45, 7) is -0.461. The zero-order valence-electron chi connectivity index (χ0n) is 12.2. The van der Waals surface area contributed by atoms with Gasteiger partial charge in [-0.15, -0.1) is 0 Å². The van der Waals surface area contributed by atoms with Crippen LogP contribution in [0.1, 0.15) is 10.4 Å². The van der Waals surface area contributed by atoms with E-state index in [2.05, 4.69) is 5.32 Å². The molecule has 4 N–H and O–H groups in total. The van der Waals surface area contributed by atoms with Crippen LogP contribution in [0.5, 0.6) is 5.75 Å². The maximum absolute atomic E-state index is 11.8. The maximum Gasteiger partial charge on any atom is 0.359 e. The van der Waals surface area contributed by atoms with Crippen molar-refractivity contribution in [2.45, 2.75) is 0 Å². The minimum Gasteiger partial charge on any atom is -0.483 e. The lowest BCUT2D eigenvalue weighted by Crippen LogP contribution is -2.22. The van der Waals surface area contributed by atoms with Crippen LogP contribution in [0.4, 0.5) is 5.69 Å². The number of carboxylic acid groups (broad SMARTS) is 1. The molecule has 0 aliphatic rings. The summed E-state index contributed by atoms with van der Waals surface area (Å²) < 4.78 is 16.5. The molecule has 8 nitrogen and oxygen atoms in total. The lowest BCUT2D eigenvalue weighted by molar-refractivity contribution is -0.118. The van der Waals surface area contributed by atoms with Gasteiger partial charge in [0.05, 0.1) is 5.56 Å². The molecule has 2 rings (SSSR count). The van der Waals surface area contributed by atoms with Crippen LogP contribution in [0.2, 0.25) is 0 Å². The second-order valence-electron chi connectivity index (χ2n) is 4.73. The van der Waals surface area contributed by atoms with Crippen molar-refractivity contribution in [1.29, 1.82) is 0 Å². The zero-order chi connectivity index (χ0) is 17.7. The molecule has 0 unspecified atom stereocenters. The Morgan fingerprint density at radius 3 is 2.25 bits per heavy atom. The minimum absolute atomic E-state index is 0.0813. The van der Waals surface area contributed by atoms with Crippen LogP contribution in [0.3, 0.4) is 0 Å². The van der Waals surface area contributed by atoms with Gasteiger partial charge in [-0.3, -0.25) is 9.36 Å². The largest absolute Gasteiger partial charge is 0.483 e. The molecule has 0 aliphatic carbocycles. The third kappa shape index (κ3) is 4.66. The fourth-order valence-electron chi connectivity index (χ4n) is 1.86. The van der Waals surface area contributed by atoms with E-state index in [0.717, 1.165) is 0 Å². The summed E-state index contributed by atoms with van der Waals surface area (Å²) in [5.74, 6) is -1.72. The Bertz CT molecular complexity index is 798. The predicted octanol–water partition coefficient (Wildman–Crippen LogP) is 1.21. The lowest BCUT2D eigenvalue weighted by atomic mass is 10.2. The van der Waals surface area contributed by atoms with Gasteiger partial charge in [-0.2, -0.15) is 0 Å². The molecular weight excluding hydrogens is 337 g/mol. The quantitative estimate of drug-likeness (QED) is 0.575. The fourth-order valence-corrected chi connectivity index (χ4v) is 2.56. The molecule has 0 aliphatic heterocycles. The molecule has 126 valence electrons. The molecule has 0 saturated heterocycles. The van der Waals surface area contributed by atoms with E-state index in [9.17, 15) is 23.9 Å². The van der Waals surface area contributed by atoms with E-state index >= 15 is 0 Å². The molecule has 0 aromatic heterocycles. The Morgan fingerprint density at radius 2 is 1.67 bits per heavy atom. The van der Waals surface area contributed by atoms with E-state index in [1.54, 1.807) is 0 Å². The van der Waals surface area contributed by atoms with Crippen LogP contribution in [-0.2, 0) is 9.36 Å². The van der Waals surface area contributed by atoms with Crippen LogP contribution in [0, 0.1) is 0 Å². The Kier molecular flexibility index (Phi) is 5.35. The Morgan fingerprint density at radius 1 is 1.04 bits per heavy atom. The van der Waals surface area contributed by atoms with Gasteiger partial charge in [0.2, 0.25) is 0 Å². The van der Waals surface area contributed by atoms with Crippen molar-refractivity contribution in [3.05, 3.63) is 54.1 Å². The van der Waals surface area contributed by atoms with Crippen LogP contribution < -0.4 is 15.4 Å². The third-order valence-corrected chi connectivity index (χ3v) is 3.95. The van der Waals surface area contributed by atoms with E-state index in [1.807, 2.05) is 0 Å². The number of hydrogen-bond donors (Lipinski definition) is 4. The zero-order valence-corrected chi connectivity index (χ0v) is 13.1. The average molecular weight is 351 g/mol. The number of para-hydroxylation sites is 1. The lowest BCUT2D eigenvalue weighted by Gasteiger charge is -2.12. The average Bonchev–Trinajstić information content (AvgIpc) is 2.53. The van der Waals surface area contributed by atoms with E-state index in [1.165, 1.54) is 48.5 Å². The second kappa shape index (κ2) is 7.27. The molecule has 0 heterocycles. The van der Waals surface area contributed by atoms with Gasteiger partial charge in [-0.1, -0.05) is 12.1 Å². The number of carbonyl (C=O) groups is 2. The van der Waals surface area contributed by atoms with E-state index in [0.29, 0.717) is 5.69 Å². The molecule has 2 aromatic carbocycles. The minimum atomic E-state index is -4.51. The van der Waals surface area contributed by atoms with E-state index in [4.69, 9.17) is 9.84 Å². The number of aromatic carboxylic acids is 1. The first-order chi connectivity index (χ1) is 11.3. The van der Waals surface area contributed by atoms with Crippen LogP contribution in [-0.4, -0.2) is 33.4 Å².